The fourth-order valence-corrected chi connectivity index (χ4v) is 3.75. The van der Waals surface area contributed by atoms with Crippen LogP contribution in [0.15, 0.2) is 58.5 Å². The Bertz CT molecular complexity index is 1210. The first-order chi connectivity index (χ1) is 13.6. The van der Waals surface area contributed by atoms with Crippen molar-refractivity contribution in [2.75, 3.05) is 11.6 Å². The summed E-state index contributed by atoms with van der Waals surface area (Å²) in [4.78, 5) is 23.8. The largest absolute Gasteiger partial charge is 0.366 e. The van der Waals surface area contributed by atoms with E-state index in [1.807, 2.05) is 47.2 Å². The van der Waals surface area contributed by atoms with Gasteiger partial charge in [-0.1, -0.05) is 59.2 Å². The number of halogens is 2. The van der Waals surface area contributed by atoms with E-state index < -0.39 is 5.69 Å². The molecule has 0 atom stereocenters. The molecule has 4 rings (SSSR count). The molecule has 0 amide bonds. The lowest BCUT2D eigenvalue weighted by atomic mass is 10.2. The van der Waals surface area contributed by atoms with E-state index in [-0.39, 0.29) is 0 Å². The maximum Gasteiger partial charge on any atom is 0.348 e. The molecule has 0 bridgehead atoms. The topological polar surface area (TPSA) is 75.6 Å². The minimum absolute atomic E-state index is 0.443. The number of hydrogen-bond donors (Lipinski definition) is 2. The Morgan fingerprint density at radius 2 is 1.89 bits per heavy atom. The van der Waals surface area contributed by atoms with Crippen molar-refractivity contribution in [1.29, 1.82) is 0 Å². The van der Waals surface area contributed by atoms with Crippen molar-refractivity contribution in [2.24, 2.45) is 0 Å². The molecule has 9 heteroatoms. The van der Waals surface area contributed by atoms with E-state index in [1.54, 1.807) is 12.1 Å². The average Bonchev–Trinajstić information content (AvgIpc) is 3.07. The van der Waals surface area contributed by atoms with Crippen LogP contribution in [0.1, 0.15) is 5.56 Å². The number of hydrogen-bond acceptors (Lipinski definition) is 5. The van der Waals surface area contributed by atoms with Gasteiger partial charge in [-0.15, -0.1) is 0 Å². The Hall–Kier alpha value is -2.48. The number of anilines is 1. The van der Waals surface area contributed by atoms with E-state index in [0.717, 1.165) is 16.4 Å². The van der Waals surface area contributed by atoms with Gasteiger partial charge in [0, 0.05) is 12.2 Å². The zero-order chi connectivity index (χ0) is 19.7. The molecule has 0 aliphatic carbocycles. The van der Waals surface area contributed by atoms with Crippen LogP contribution in [0, 0.1) is 0 Å². The number of nitrogens with zero attached hydrogens (tertiary/aromatic N) is 3. The van der Waals surface area contributed by atoms with Gasteiger partial charge >= 0.3 is 5.69 Å². The molecule has 2 aromatic heterocycles. The van der Waals surface area contributed by atoms with Gasteiger partial charge in [0.05, 0.1) is 10.0 Å². The van der Waals surface area contributed by atoms with Gasteiger partial charge in [-0.3, -0.25) is 9.55 Å². The number of fused-ring (bicyclic) bond motifs is 1. The first-order valence-electron chi connectivity index (χ1n) is 8.37. The van der Waals surface area contributed by atoms with Gasteiger partial charge in [-0.2, -0.15) is 4.98 Å². The number of H-pyrrole nitrogens is 1. The number of nitrogens with one attached hydrogen (secondary N) is 2. The van der Waals surface area contributed by atoms with Crippen molar-refractivity contribution in [3.05, 3.63) is 74.6 Å². The summed E-state index contributed by atoms with van der Waals surface area (Å²) in [5.41, 5.74) is 2.45. The monoisotopic (exact) mass is 431 g/mol. The standard InChI is InChI=1S/C19H15Cl2N5OS/c1-28-19-23-15-16(22-10-11-7-8-13(20)14(21)9-11)24-18(27)25-17(15)26(19)12-5-3-2-4-6-12/h2-9H,10H2,1H3,(H2,22,24,25,27). The van der Waals surface area contributed by atoms with Crippen molar-refractivity contribution in [3.63, 3.8) is 0 Å². The van der Waals surface area contributed by atoms with Crippen LogP contribution >= 0.6 is 35.0 Å². The Morgan fingerprint density at radius 3 is 2.61 bits per heavy atom. The summed E-state index contributed by atoms with van der Waals surface area (Å²) < 4.78 is 1.87. The first-order valence-corrected chi connectivity index (χ1v) is 10.3. The Kier molecular flexibility index (Phi) is 5.30. The van der Waals surface area contributed by atoms with Crippen LogP contribution in [-0.4, -0.2) is 25.8 Å². The summed E-state index contributed by atoms with van der Waals surface area (Å²) in [5, 5.41) is 4.94. The maximum absolute atomic E-state index is 12.2. The fourth-order valence-electron chi connectivity index (χ4n) is 2.87. The van der Waals surface area contributed by atoms with Crippen molar-refractivity contribution < 1.29 is 0 Å². The zero-order valence-electron chi connectivity index (χ0n) is 14.7. The molecule has 0 saturated heterocycles. The number of para-hydroxylation sites is 1. The summed E-state index contributed by atoms with van der Waals surface area (Å²) in [6.45, 7) is 0.443. The molecular formula is C19H15Cl2N5OS. The number of rotatable bonds is 5. The molecule has 0 radical (unpaired) electrons. The van der Waals surface area contributed by atoms with Crippen LogP contribution in [0.2, 0.25) is 10.0 Å². The summed E-state index contributed by atoms with van der Waals surface area (Å²) in [6, 6.07) is 15.1. The fraction of sp³-hybridized carbons (Fsp3) is 0.105. The first kappa shape index (κ1) is 18.9. The van der Waals surface area contributed by atoms with Gasteiger partial charge in [0.25, 0.3) is 0 Å². The predicted octanol–water partition coefficient (Wildman–Crippen LogP) is 4.75. The molecule has 0 aliphatic heterocycles. The highest BCUT2D eigenvalue weighted by molar-refractivity contribution is 7.98. The number of benzene rings is 2. The molecule has 0 fully saturated rings. The van der Waals surface area contributed by atoms with Gasteiger partial charge in [-0.25, -0.2) is 9.78 Å². The summed E-state index contributed by atoms with van der Waals surface area (Å²) in [6.07, 6.45) is 1.94. The number of aromatic amines is 1. The maximum atomic E-state index is 12.2. The van der Waals surface area contributed by atoms with E-state index in [2.05, 4.69) is 20.3 Å². The molecule has 2 aromatic carbocycles. The van der Waals surface area contributed by atoms with Gasteiger partial charge in [0.1, 0.15) is 11.3 Å². The van der Waals surface area contributed by atoms with E-state index in [0.29, 0.717) is 33.6 Å². The second-order valence-electron chi connectivity index (χ2n) is 5.96. The number of aromatic nitrogens is 4. The summed E-state index contributed by atoms with van der Waals surface area (Å²) in [7, 11) is 0. The van der Waals surface area contributed by atoms with Crippen molar-refractivity contribution in [3.8, 4) is 5.69 Å². The van der Waals surface area contributed by atoms with E-state index in [1.165, 1.54) is 11.8 Å². The third kappa shape index (κ3) is 3.61. The number of imidazole rings is 1. The Labute approximate surface area is 174 Å². The molecule has 2 N–H and O–H groups in total. The summed E-state index contributed by atoms with van der Waals surface area (Å²) >= 11 is 13.5. The smallest absolute Gasteiger partial charge is 0.348 e. The molecular weight excluding hydrogens is 417 g/mol. The van der Waals surface area contributed by atoms with Crippen LogP contribution in [0.3, 0.4) is 0 Å². The second kappa shape index (κ2) is 7.87. The van der Waals surface area contributed by atoms with E-state index in [4.69, 9.17) is 23.2 Å². The Morgan fingerprint density at radius 1 is 1.11 bits per heavy atom. The van der Waals surface area contributed by atoms with Crippen molar-refractivity contribution >= 4 is 51.9 Å². The minimum atomic E-state index is -0.450. The van der Waals surface area contributed by atoms with Crippen molar-refractivity contribution in [2.45, 2.75) is 11.7 Å². The molecule has 142 valence electrons. The van der Waals surface area contributed by atoms with Crippen LogP contribution < -0.4 is 11.0 Å². The average molecular weight is 432 g/mol. The molecule has 0 unspecified atom stereocenters. The molecule has 6 nitrogen and oxygen atoms in total. The lowest BCUT2D eigenvalue weighted by Crippen LogP contribution is -2.15. The Balaban J connectivity index is 1.78. The third-order valence-electron chi connectivity index (χ3n) is 4.15. The highest BCUT2D eigenvalue weighted by atomic mass is 35.5. The van der Waals surface area contributed by atoms with Gasteiger partial charge in [-0.05, 0) is 36.1 Å². The molecule has 2 heterocycles. The van der Waals surface area contributed by atoms with Gasteiger partial charge < -0.3 is 5.32 Å². The lowest BCUT2D eigenvalue weighted by molar-refractivity contribution is 0.908. The van der Waals surface area contributed by atoms with Crippen LogP contribution in [0.5, 0.6) is 0 Å². The molecule has 4 aromatic rings. The predicted molar refractivity (Wildman–Crippen MR) is 115 cm³/mol. The van der Waals surface area contributed by atoms with Gasteiger partial charge in [0.15, 0.2) is 10.8 Å². The lowest BCUT2D eigenvalue weighted by Gasteiger charge is -2.08. The van der Waals surface area contributed by atoms with Gasteiger partial charge in [0.2, 0.25) is 0 Å². The van der Waals surface area contributed by atoms with E-state index >= 15 is 0 Å². The highest BCUT2D eigenvalue weighted by Crippen LogP contribution is 2.28. The molecule has 0 spiro atoms. The van der Waals surface area contributed by atoms with Crippen LogP contribution in [-0.2, 0) is 6.54 Å². The zero-order valence-corrected chi connectivity index (χ0v) is 17.1. The van der Waals surface area contributed by atoms with E-state index in [9.17, 15) is 4.79 Å². The SMILES string of the molecule is CSc1nc2c(NCc3ccc(Cl)c(Cl)c3)[nH]c(=O)nc2n1-c1ccccc1. The normalized spacial score (nSPS) is 11.1. The molecule has 0 aliphatic rings. The minimum Gasteiger partial charge on any atom is -0.366 e. The quantitative estimate of drug-likeness (QED) is 0.445. The summed E-state index contributed by atoms with van der Waals surface area (Å²) in [5.74, 6) is 0.506. The molecule has 0 saturated carbocycles. The van der Waals surface area contributed by atoms with Crippen LogP contribution in [0.25, 0.3) is 16.9 Å². The van der Waals surface area contributed by atoms with Crippen molar-refractivity contribution in [1.82, 2.24) is 19.5 Å². The van der Waals surface area contributed by atoms with Crippen LogP contribution in [0.4, 0.5) is 5.82 Å². The highest BCUT2D eigenvalue weighted by Gasteiger charge is 2.17. The number of thioether (sulfide) groups is 1. The third-order valence-corrected chi connectivity index (χ3v) is 5.53. The second-order valence-corrected chi connectivity index (χ2v) is 7.55. The molecule has 28 heavy (non-hydrogen) atoms.